The standard InChI is InChI=1S/C11H10Br2ClNS2/c1-6(9-2-3-10(14)17-9)15-5-7-4-8(12)11(13)16-7/h2-4,6,15H,5H2,1H3. The monoisotopic (exact) mass is 413 g/mol. The van der Waals surface area contributed by atoms with Gasteiger partial charge in [0.05, 0.1) is 8.12 Å². The molecule has 0 spiro atoms. The first kappa shape index (κ1) is 14.0. The van der Waals surface area contributed by atoms with Crippen molar-refractivity contribution in [1.29, 1.82) is 0 Å². The zero-order valence-corrected chi connectivity index (χ0v) is 14.5. The molecule has 0 aliphatic heterocycles. The van der Waals surface area contributed by atoms with Gasteiger partial charge in [0, 0.05) is 26.8 Å². The Morgan fingerprint density at radius 2 is 2.12 bits per heavy atom. The van der Waals surface area contributed by atoms with Crippen molar-refractivity contribution in [2.45, 2.75) is 19.5 Å². The second kappa shape index (κ2) is 6.17. The lowest BCUT2D eigenvalue weighted by Crippen LogP contribution is -2.16. The first-order valence-electron chi connectivity index (χ1n) is 4.98. The molecule has 92 valence electrons. The topological polar surface area (TPSA) is 12.0 Å². The maximum atomic E-state index is 5.93. The van der Waals surface area contributed by atoms with Crippen molar-refractivity contribution in [3.63, 3.8) is 0 Å². The second-order valence-corrected chi connectivity index (χ2v) is 8.63. The van der Waals surface area contributed by atoms with Crippen LogP contribution in [0.4, 0.5) is 0 Å². The fraction of sp³-hybridized carbons (Fsp3) is 0.273. The van der Waals surface area contributed by atoms with Crippen LogP contribution in [0, 0.1) is 0 Å². The van der Waals surface area contributed by atoms with Gasteiger partial charge >= 0.3 is 0 Å². The lowest BCUT2D eigenvalue weighted by molar-refractivity contribution is 0.587. The Balaban J connectivity index is 1.94. The van der Waals surface area contributed by atoms with E-state index in [9.17, 15) is 0 Å². The van der Waals surface area contributed by atoms with Gasteiger partial charge in [0.25, 0.3) is 0 Å². The quantitative estimate of drug-likeness (QED) is 0.662. The minimum Gasteiger partial charge on any atom is -0.305 e. The maximum absolute atomic E-state index is 5.93. The normalized spacial score (nSPS) is 12.9. The molecule has 0 fully saturated rings. The first-order valence-corrected chi connectivity index (χ1v) is 8.58. The summed E-state index contributed by atoms with van der Waals surface area (Å²) in [5, 5.41) is 3.49. The van der Waals surface area contributed by atoms with E-state index >= 15 is 0 Å². The Labute approximate surface area is 130 Å². The number of thiophene rings is 2. The summed E-state index contributed by atoms with van der Waals surface area (Å²) in [4.78, 5) is 2.57. The number of rotatable bonds is 4. The summed E-state index contributed by atoms with van der Waals surface area (Å²) < 4.78 is 3.10. The van der Waals surface area contributed by atoms with Gasteiger partial charge < -0.3 is 5.32 Å². The molecule has 1 nitrogen and oxygen atoms in total. The summed E-state index contributed by atoms with van der Waals surface area (Å²) in [5.74, 6) is 0. The molecule has 0 saturated carbocycles. The van der Waals surface area contributed by atoms with E-state index in [0.717, 1.165) is 19.1 Å². The lowest BCUT2D eigenvalue weighted by atomic mass is 10.3. The predicted octanol–water partition coefficient (Wildman–Crippen LogP) is 5.84. The third-order valence-electron chi connectivity index (χ3n) is 2.30. The highest BCUT2D eigenvalue weighted by atomic mass is 79.9. The van der Waals surface area contributed by atoms with E-state index in [-0.39, 0.29) is 0 Å². The summed E-state index contributed by atoms with van der Waals surface area (Å²) in [6, 6.07) is 6.48. The molecular weight excluding hydrogens is 406 g/mol. The molecule has 2 aromatic heterocycles. The van der Waals surface area contributed by atoms with Crippen LogP contribution < -0.4 is 5.32 Å². The molecule has 17 heavy (non-hydrogen) atoms. The van der Waals surface area contributed by atoms with E-state index < -0.39 is 0 Å². The van der Waals surface area contributed by atoms with E-state index in [1.54, 1.807) is 22.7 Å². The van der Waals surface area contributed by atoms with Gasteiger partial charge in [0.1, 0.15) is 0 Å². The molecule has 0 aromatic carbocycles. The van der Waals surface area contributed by atoms with Gasteiger partial charge in [-0.3, -0.25) is 0 Å². The summed E-state index contributed by atoms with van der Waals surface area (Å²) in [6.07, 6.45) is 0. The van der Waals surface area contributed by atoms with E-state index in [2.05, 4.69) is 56.2 Å². The van der Waals surface area contributed by atoms with Gasteiger partial charge in [-0.2, -0.15) is 0 Å². The van der Waals surface area contributed by atoms with E-state index in [1.165, 1.54) is 9.75 Å². The largest absolute Gasteiger partial charge is 0.305 e. The Morgan fingerprint density at radius 3 is 2.65 bits per heavy atom. The van der Waals surface area contributed by atoms with E-state index in [0.29, 0.717) is 6.04 Å². The average molecular weight is 416 g/mol. The number of halogens is 3. The molecule has 2 rings (SSSR count). The Bertz CT molecular complexity index is 490. The van der Waals surface area contributed by atoms with Crippen molar-refractivity contribution in [2.24, 2.45) is 0 Å². The summed E-state index contributed by atoms with van der Waals surface area (Å²) in [7, 11) is 0. The van der Waals surface area contributed by atoms with Crippen molar-refractivity contribution < 1.29 is 0 Å². The van der Waals surface area contributed by atoms with Gasteiger partial charge in [0.15, 0.2) is 0 Å². The molecule has 1 atom stereocenters. The van der Waals surface area contributed by atoms with Crippen LogP contribution in [0.1, 0.15) is 22.7 Å². The van der Waals surface area contributed by atoms with Crippen molar-refractivity contribution in [3.8, 4) is 0 Å². The lowest BCUT2D eigenvalue weighted by Gasteiger charge is -2.10. The summed E-state index contributed by atoms with van der Waals surface area (Å²) >= 11 is 16.3. The number of hydrogen-bond acceptors (Lipinski definition) is 3. The molecule has 0 radical (unpaired) electrons. The van der Waals surface area contributed by atoms with Crippen molar-refractivity contribution in [3.05, 3.63) is 40.5 Å². The zero-order valence-electron chi connectivity index (χ0n) is 8.97. The second-order valence-electron chi connectivity index (χ2n) is 3.58. The van der Waals surface area contributed by atoms with Crippen LogP contribution in [0.5, 0.6) is 0 Å². The minimum absolute atomic E-state index is 0.326. The maximum Gasteiger partial charge on any atom is 0.0931 e. The highest BCUT2D eigenvalue weighted by Crippen LogP contribution is 2.33. The van der Waals surface area contributed by atoms with Gasteiger partial charge in [0.2, 0.25) is 0 Å². The van der Waals surface area contributed by atoms with Crippen LogP contribution in [0.3, 0.4) is 0 Å². The SMILES string of the molecule is CC(NCc1cc(Br)c(Br)s1)c1ccc(Cl)s1. The average Bonchev–Trinajstić information content (AvgIpc) is 2.83. The van der Waals surface area contributed by atoms with Crippen LogP contribution in [-0.4, -0.2) is 0 Å². The van der Waals surface area contributed by atoms with Gasteiger partial charge in [-0.1, -0.05) is 11.6 Å². The Hall–Kier alpha value is 0.610. The summed E-state index contributed by atoms with van der Waals surface area (Å²) in [6.45, 7) is 3.02. The van der Waals surface area contributed by atoms with Gasteiger partial charge in [-0.15, -0.1) is 22.7 Å². The molecule has 1 N–H and O–H groups in total. The third-order valence-corrected chi connectivity index (χ3v) is 6.97. The van der Waals surface area contributed by atoms with Crippen molar-refractivity contribution in [2.75, 3.05) is 0 Å². The fourth-order valence-corrected chi connectivity index (χ4v) is 4.61. The van der Waals surface area contributed by atoms with Crippen LogP contribution in [-0.2, 0) is 6.54 Å². The van der Waals surface area contributed by atoms with Crippen LogP contribution >= 0.6 is 66.1 Å². The molecule has 6 heteroatoms. The zero-order chi connectivity index (χ0) is 12.4. The Morgan fingerprint density at radius 1 is 1.35 bits per heavy atom. The van der Waals surface area contributed by atoms with E-state index in [1.807, 2.05) is 6.07 Å². The van der Waals surface area contributed by atoms with Crippen LogP contribution in [0.15, 0.2) is 26.5 Å². The number of nitrogens with one attached hydrogen (secondary N) is 1. The van der Waals surface area contributed by atoms with Crippen LogP contribution in [0.25, 0.3) is 0 Å². The molecule has 0 bridgehead atoms. The van der Waals surface area contributed by atoms with Gasteiger partial charge in [-0.05, 0) is 57.0 Å². The van der Waals surface area contributed by atoms with Crippen molar-refractivity contribution >= 4 is 66.1 Å². The molecule has 0 aliphatic rings. The highest BCUT2D eigenvalue weighted by Gasteiger charge is 2.09. The summed E-state index contributed by atoms with van der Waals surface area (Å²) in [5.41, 5.74) is 0. The molecule has 0 amide bonds. The van der Waals surface area contributed by atoms with Gasteiger partial charge in [-0.25, -0.2) is 0 Å². The van der Waals surface area contributed by atoms with Crippen molar-refractivity contribution in [1.82, 2.24) is 5.32 Å². The molecule has 2 aromatic rings. The fourth-order valence-electron chi connectivity index (χ4n) is 1.39. The third kappa shape index (κ3) is 3.78. The predicted molar refractivity (Wildman–Crippen MR) is 84.3 cm³/mol. The smallest absolute Gasteiger partial charge is 0.0931 e. The van der Waals surface area contributed by atoms with E-state index in [4.69, 9.17) is 11.6 Å². The minimum atomic E-state index is 0.326. The Kier molecular flexibility index (Phi) is 5.09. The van der Waals surface area contributed by atoms with Crippen LogP contribution in [0.2, 0.25) is 4.34 Å². The number of hydrogen-bond donors (Lipinski definition) is 1. The molecule has 0 aliphatic carbocycles. The first-order chi connectivity index (χ1) is 8.06. The molecule has 1 unspecified atom stereocenters. The highest BCUT2D eigenvalue weighted by molar-refractivity contribution is 9.13. The molecular formula is C11H10Br2ClNS2. The molecule has 2 heterocycles. The molecule has 0 saturated heterocycles.